The number of carbonyl (C=O) groups excluding carboxylic acids is 1. The van der Waals surface area contributed by atoms with Crippen molar-refractivity contribution in [2.24, 2.45) is 0 Å². The van der Waals surface area contributed by atoms with E-state index in [9.17, 15) is 18.0 Å². The number of ketones is 1. The molecule has 2 rings (SSSR count). The molecule has 0 saturated carbocycles. The topological polar surface area (TPSA) is 60.9 Å². The van der Waals surface area contributed by atoms with Gasteiger partial charge in [0.15, 0.2) is 5.78 Å². The first-order valence-electron chi connectivity index (χ1n) is 6.08. The molecule has 0 unspecified atom stereocenters. The standard InChI is InChI=1S/C13H10Cl2F3N3OS/c1-5(22)9-11(23-2)12(19)21(20-9)10-7(14)3-6(4-8(10)15)13(16,17)18/h3-4H,19H2,1-2H3. The van der Waals surface area contributed by atoms with Crippen LogP contribution in [0.25, 0.3) is 5.69 Å². The zero-order valence-electron chi connectivity index (χ0n) is 11.8. The van der Waals surface area contributed by atoms with Gasteiger partial charge in [-0.25, -0.2) is 4.68 Å². The molecule has 0 atom stereocenters. The van der Waals surface area contributed by atoms with Crippen molar-refractivity contribution in [3.05, 3.63) is 33.4 Å². The van der Waals surface area contributed by atoms with E-state index in [0.29, 0.717) is 4.90 Å². The molecule has 10 heteroatoms. The van der Waals surface area contributed by atoms with Gasteiger partial charge in [0.25, 0.3) is 0 Å². The third-order valence-corrected chi connectivity index (χ3v) is 4.36. The van der Waals surface area contributed by atoms with Gasteiger partial charge < -0.3 is 5.73 Å². The summed E-state index contributed by atoms with van der Waals surface area (Å²) in [5.74, 6) is -0.259. The number of aromatic nitrogens is 2. The van der Waals surface area contributed by atoms with Crippen LogP contribution in [0.2, 0.25) is 10.0 Å². The number of carbonyl (C=O) groups is 1. The van der Waals surface area contributed by atoms with Gasteiger partial charge in [-0.2, -0.15) is 18.3 Å². The van der Waals surface area contributed by atoms with Crippen LogP contribution in [-0.4, -0.2) is 21.8 Å². The number of Topliss-reactive ketones (excluding diaryl/α,β-unsaturated/α-hetero) is 1. The number of rotatable bonds is 3. The summed E-state index contributed by atoms with van der Waals surface area (Å²) in [5, 5.41) is 3.48. The molecule has 2 aromatic rings. The number of thioether (sulfide) groups is 1. The highest BCUT2D eigenvalue weighted by Crippen LogP contribution is 2.39. The van der Waals surface area contributed by atoms with E-state index in [1.165, 1.54) is 18.7 Å². The summed E-state index contributed by atoms with van der Waals surface area (Å²) in [6.45, 7) is 1.31. The largest absolute Gasteiger partial charge is 0.416 e. The Hall–Kier alpha value is -1.38. The second-order valence-corrected chi connectivity index (χ2v) is 6.15. The quantitative estimate of drug-likeness (QED) is 0.615. The molecular formula is C13H10Cl2F3N3OS. The van der Waals surface area contributed by atoms with E-state index in [1.54, 1.807) is 6.26 Å². The SMILES string of the molecule is CSc1c(C(C)=O)nn(-c2c(Cl)cc(C(F)(F)F)cc2Cl)c1N. The molecule has 0 aliphatic carbocycles. The van der Waals surface area contributed by atoms with Gasteiger partial charge >= 0.3 is 6.18 Å². The maximum atomic E-state index is 12.8. The van der Waals surface area contributed by atoms with Crippen molar-refractivity contribution >= 4 is 46.6 Å². The predicted molar refractivity (Wildman–Crippen MR) is 84.8 cm³/mol. The highest BCUT2D eigenvalue weighted by atomic mass is 35.5. The lowest BCUT2D eigenvalue weighted by atomic mass is 10.2. The Labute approximate surface area is 143 Å². The number of benzene rings is 1. The summed E-state index contributed by atoms with van der Waals surface area (Å²) in [7, 11) is 0. The predicted octanol–water partition coefficient (Wildman–Crippen LogP) is 4.70. The summed E-state index contributed by atoms with van der Waals surface area (Å²) < 4.78 is 39.4. The Morgan fingerprint density at radius 3 is 2.17 bits per heavy atom. The third-order valence-electron chi connectivity index (χ3n) is 2.97. The molecular weight excluding hydrogens is 374 g/mol. The highest BCUT2D eigenvalue weighted by molar-refractivity contribution is 7.98. The molecule has 0 spiro atoms. The van der Waals surface area contributed by atoms with Crippen molar-refractivity contribution in [1.82, 2.24) is 9.78 Å². The Morgan fingerprint density at radius 1 is 1.30 bits per heavy atom. The van der Waals surface area contributed by atoms with Crippen molar-refractivity contribution in [2.75, 3.05) is 12.0 Å². The summed E-state index contributed by atoms with van der Waals surface area (Å²) >= 11 is 13.1. The number of hydrogen-bond donors (Lipinski definition) is 1. The molecule has 1 aromatic carbocycles. The molecule has 0 saturated heterocycles. The van der Waals surface area contributed by atoms with Gasteiger partial charge in [-0.3, -0.25) is 4.79 Å². The van der Waals surface area contributed by atoms with Crippen molar-refractivity contribution in [3.8, 4) is 5.69 Å². The number of anilines is 1. The van der Waals surface area contributed by atoms with Gasteiger partial charge in [0, 0.05) is 6.92 Å². The maximum absolute atomic E-state index is 12.8. The lowest BCUT2D eigenvalue weighted by Gasteiger charge is -2.13. The summed E-state index contributed by atoms with van der Waals surface area (Å²) in [4.78, 5) is 12.0. The van der Waals surface area contributed by atoms with Crippen LogP contribution in [0.1, 0.15) is 23.0 Å². The Morgan fingerprint density at radius 2 is 1.83 bits per heavy atom. The normalized spacial score (nSPS) is 11.8. The molecule has 1 heterocycles. The van der Waals surface area contributed by atoms with Crippen molar-refractivity contribution in [1.29, 1.82) is 0 Å². The van der Waals surface area contributed by atoms with Crippen LogP contribution in [0.3, 0.4) is 0 Å². The number of nitrogen functional groups attached to an aromatic ring is 1. The van der Waals surface area contributed by atoms with Crippen LogP contribution in [0.15, 0.2) is 17.0 Å². The smallest absolute Gasteiger partial charge is 0.383 e. The molecule has 2 N–H and O–H groups in total. The van der Waals surface area contributed by atoms with Gasteiger partial charge in [0.2, 0.25) is 0 Å². The number of nitrogens with zero attached hydrogens (tertiary/aromatic N) is 2. The first kappa shape index (κ1) is 18.0. The molecule has 0 aliphatic heterocycles. The molecule has 4 nitrogen and oxygen atoms in total. The van der Waals surface area contributed by atoms with E-state index < -0.39 is 11.7 Å². The molecule has 0 radical (unpaired) electrons. The molecule has 0 aliphatic rings. The third kappa shape index (κ3) is 3.29. The lowest BCUT2D eigenvalue weighted by Crippen LogP contribution is -2.08. The fourth-order valence-corrected chi connectivity index (χ4v) is 3.27. The maximum Gasteiger partial charge on any atom is 0.416 e. The van der Waals surface area contributed by atoms with Crippen LogP contribution < -0.4 is 5.73 Å². The van der Waals surface area contributed by atoms with Crippen LogP contribution in [0.5, 0.6) is 0 Å². The van der Waals surface area contributed by atoms with Gasteiger partial charge in [-0.1, -0.05) is 23.2 Å². The molecule has 0 bridgehead atoms. The van der Waals surface area contributed by atoms with Gasteiger partial charge in [-0.15, -0.1) is 11.8 Å². The highest BCUT2D eigenvalue weighted by Gasteiger charge is 2.33. The van der Waals surface area contributed by atoms with E-state index in [-0.39, 0.29) is 33.0 Å². The average molecular weight is 384 g/mol. The molecule has 0 amide bonds. The van der Waals surface area contributed by atoms with E-state index in [0.717, 1.165) is 16.8 Å². The minimum absolute atomic E-state index is 0.0124. The van der Waals surface area contributed by atoms with Gasteiger partial charge in [0.1, 0.15) is 17.2 Å². The average Bonchev–Trinajstić information content (AvgIpc) is 2.74. The minimum atomic E-state index is -4.59. The van der Waals surface area contributed by atoms with E-state index >= 15 is 0 Å². The number of nitrogens with two attached hydrogens (primary N) is 1. The zero-order chi connectivity index (χ0) is 17.5. The molecule has 0 fully saturated rings. The Balaban J connectivity index is 2.71. The summed E-state index contributed by atoms with van der Waals surface area (Å²) in [6, 6.07) is 1.46. The molecule has 1 aromatic heterocycles. The molecule has 124 valence electrons. The lowest BCUT2D eigenvalue weighted by molar-refractivity contribution is -0.137. The van der Waals surface area contributed by atoms with Crippen LogP contribution in [0.4, 0.5) is 19.0 Å². The van der Waals surface area contributed by atoms with Crippen LogP contribution in [0, 0.1) is 0 Å². The van der Waals surface area contributed by atoms with Crippen molar-refractivity contribution in [2.45, 2.75) is 18.0 Å². The fourth-order valence-electron chi connectivity index (χ4n) is 1.95. The monoisotopic (exact) mass is 383 g/mol. The van der Waals surface area contributed by atoms with Crippen LogP contribution >= 0.6 is 35.0 Å². The van der Waals surface area contributed by atoms with Gasteiger partial charge in [-0.05, 0) is 18.4 Å². The number of hydrogen-bond acceptors (Lipinski definition) is 4. The second kappa shape index (κ2) is 6.26. The van der Waals surface area contributed by atoms with E-state index in [2.05, 4.69) is 5.10 Å². The van der Waals surface area contributed by atoms with Crippen LogP contribution in [-0.2, 0) is 6.18 Å². The van der Waals surface area contributed by atoms with E-state index in [1.807, 2.05) is 0 Å². The molecule has 23 heavy (non-hydrogen) atoms. The van der Waals surface area contributed by atoms with E-state index in [4.69, 9.17) is 28.9 Å². The first-order chi connectivity index (χ1) is 10.6. The Kier molecular flexibility index (Phi) is 4.89. The summed E-state index contributed by atoms with van der Waals surface area (Å²) in [6.07, 6.45) is -2.89. The first-order valence-corrected chi connectivity index (χ1v) is 8.06. The zero-order valence-corrected chi connectivity index (χ0v) is 14.2. The number of halogens is 5. The summed E-state index contributed by atoms with van der Waals surface area (Å²) in [5.41, 5.74) is 5.03. The second-order valence-electron chi connectivity index (χ2n) is 4.52. The van der Waals surface area contributed by atoms with Gasteiger partial charge in [0.05, 0.1) is 20.5 Å². The minimum Gasteiger partial charge on any atom is -0.383 e. The van der Waals surface area contributed by atoms with Crippen molar-refractivity contribution in [3.63, 3.8) is 0 Å². The van der Waals surface area contributed by atoms with Crippen molar-refractivity contribution < 1.29 is 18.0 Å². The Bertz CT molecular complexity index is 766. The number of alkyl halides is 3. The fraction of sp³-hybridized carbons (Fsp3) is 0.231.